The van der Waals surface area contributed by atoms with Crippen molar-refractivity contribution in [3.05, 3.63) is 77.6 Å². The highest BCUT2D eigenvalue weighted by Crippen LogP contribution is 2.42. The molecule has 2 aromatic carbocycles. The van der Waals surface area contributed by atoms with Crippen LogP contribution in [0.3, 0.4) is 0 Å². The predicted octanol–water partition coefficient (Wildman–Crippen LogP) is 4.31. The van der Waals surface area contributed by atoms with Gasteiger partial charge in [-0.1, -0.05) is 35.9 Å². The lowest BCUT2D eigenvalue weighted by atomic mass is 9.78. The molecule has 10 heteroatoms. The van der Waals surface area contributed by atoms with Gasteiger partial charge in [0.2, 0.25) is 17.7 Å². The Morgan fingerprint density at radius 3 is 2.55 bits per heavy atom. The van der Waals surface area contributed by atoms with Crippen LogP contribution >= 0.6 is 0 Å². The standard InChI is InChI=1S/C30H33N5O4S/c1-21-9-11-24(12-10-21)40(37,38)35-19-23(25-7-4-5-8-26(25)35)18-33-15-6-13-30(28(33)36)14-16-34(20-30)29-31-22(2)17-27(32-29)39-3/h4-5,7-12,17,19H,6,13-16,18,20H2,1-3H3. The molecule has 6 rings (SSSR count). The van der Waals surface area contributed by atoms with Crippen molar-refractivity contribution in [2.75, 3.05) is 31.6 Å². The first kappa shape index (κ1) is 26.3. The average Bonchev–Trinajstić information content (AvgIpc) is 3.54. The Labute approximate surface area is 234 Å². The van der Waals surface area contributed by atoms with Crippen LogP contribution in [0.25, 0.3) is 10.9 Å². The second-order valence-electron chi connectivity index (χ2n) is 10.9. The number of likely N-dealkylation sites (tertiary alicyclic amines) is 1. The molecule has 1 unspecified atom stereocenters. The number of hydrogen-bond acceptors (Lipinski definition) is 7. The summed E-state index contributed by atoms with van der Waals surface area (Å²) in [5.74, 6) is 1.21. The molecule has 0 aliphatic carbocycles. The third kappa shape index (κ3) is 4.50. The third-order valence-corrected chi connectivity index (χ3v) is 9.88. The SMILES string of the molecule is COc1cc(C)nc(N2CCC3(CCCN(Cc4cn(S(=O)(=O)c5ccc(C)cc5)c5ccccc45)C3=O)C2)n1. The number of hydrogen-bond donors (Lipinski definition) is 0. The van der Waals surface area contributed by atoms with Crippen molar-refractivity contribution in [2.24, 2.45) is 5.41 Å². The quantitative estimate of drug-likeness (QED) is 0.347. The summed E-state index contributed by atoms with van der Waals surface area (Å²) in [6.07, 6.45) is 4.11. The Morgan fingerprint density at radius 1 is 1.00 bits per heavy atom. The van der Waals surface area contributed by atoms with Crippen molar-refractivity contribution in [3.63, 3.8) is 0 Å². The summed E-state index contributed by atoms with van der Waals surface area (Å²) in [6, 6.07) is 16.1. The van der Waals surface area contributed by atoms with Gasteiger partial charge in [0.05, 0.1) is 22.9 Å². The molecule has 0 N–H and O–H groups in total. The molecular weight excluding hydrogens is 526 g/mol. The van der Waals surface area contributed by atoms with E-state index >= 15 is 0 Å². The molecule has 2 aromatic heterocycles. The van der Waals surface area contributed by atoms with E-state index in [0.29, 0.717) is 43.5 Å². The zero-order valence-corrected chi connectivity index (χ0v) is 23.8. The van der Waals surface area contributed by atoms with E-state index in [2.05, 4.69) is 14.9 Å². The van der Waals surface area contributed by atoms with Crippen LogP contribution in [0.4, 0.5) is 5.95 Å². The fourth-order valence-electron chi connectivity index (χ4n) is 6.07. The van der Waals surface area contributed by atoms with Crippen LogP contribution in [-0.4, -0.2) is 59.9 Å². The number of piperidine rings is 1. The first-order valence-corrected chi connectivity index (χ1v) is 15.0. The largest absolute Gasteiger partial charge is 0.481 e. The molecule has 4 aromatic rings. The number of fused-ring (bicyclic) bond motifs is 1. The molecule has 9 nitrogen and oxygen atoms in total. The highest BCUT2D eigenvalue weighted by atomic mass is 32.2. The topological polar surface area (TPSA) is 97.6 Å². The molecule has 1 atom stereocenters. The number of nitrogens with zero attached hydrogens (tertiary/aromatic N) is 5. The van der Waals surface area contributed by atoms with E-state index in [1.807, 2.05) is 43.0 Å². The zero-order chi connectivity index (χ0) is 28.1. The van der Waals surface area contributed by atoms with Crippen LogP contribution in [-0.2, 0) is 21.4 Å². The van der Waals surface area contributed by atoms with Crippen LogP contribution < -0.4 is 9.64 Å². The summed E-state index contributed by atoms with van der Waals surface area (Å²) in [5.41, 5.74) is 2.72. The fourth-order valence-corrected chi connectivity index (χ4v) is 7.46. The van der Waals surface area contributed by atoms with Crippen molar-refractivity contribution in [1.29, 1.82) is 0 Å². The lowest BCUT2D eigenvalue weighted by Crippen LogP contribution is -2.49. The molecule has 208 valence electrons. The summed E-state index contributed by atoms with van der Waals surface area (Å²) in [6.45, 7) is 6.07. The van der Waals surface area contributed by atoms with E-state index in [0.717, 1.165) is 41.5 Å². The number of aryl methyl sites for hydroxylation is 2. The van der Waals surface area contributed by atoms with Gasteiger partial charge in [-0.15, -0.1) is 0 Å². The Morgan fingerprint density at radius 2 is 1.77 bits per heavy atom. The summed E-state index contributed by atoms with van der Waals surface area (Å²) in [4.78, 5) is 27.4. The molecule has 2 aliphatic heterocycles. The fraction of sp³-hybridized carbons (Fsp3) is 0.367. The molecule has 2 fully saturated rings. The molecule has 0 radical (unpaired) electrons. The van der Waals surface area contributed by atoms with Gasteiger partial charge < -0.3 is 14.5 Å². The molecule has 2 saturated heterocycles. The Kier molecular flexibility index (Phi) is 6.53. The van der Waals surface area contributed by atoms with E-state index in [1.54, 1.807) is 43.6 Å². The number of amides is 1. The Hall–Kier alpha value is -3.92. The van der Waals surface area contributed by atoms with Crippen molar-refractivity contribution < 1.29 is 17.9 Å². The first-order valence-electron chi connectivity index (χ1n) is 13.6. The minimum atomic E-state index is -3.80. The molecule has 1 amide bonds. The summed E-state index contributed by atoms with van der Waals surface area (Å²) >= 11 is 0. The van der Waals surface area contributed by atoms with E-state index in [4.69, 9.17) is 4.74 Å². The molecule has 4 heterocycles. The van der Waals surface area contributed by atoms with Crippen molar-refractivity contribution in [2.45, 2.75) is 44.6 Å². The minimum Gasteiger partial charge on any atom is -0.481 e. The number of carbonyl (C=O) groups excluding carboxylic acids is 1. The van der Waals surface area contributed by atoms with Crippen molar-refractivity contribution in [3.8, 4) is 5.88 Å². The van der Waals surface area contributed by atoms with Gasteiger partial charge in [-0.05, 0) is 56.9 Å². The second kappa shape index (κ2) is 9.92. The maximum absolute atomic E-state index is 14.0. The second-order valence-corrected chi connectivity index (χ2v) is 12.7. The first-order chi connectivity index (χ1) is 19.2. The van der Waals surface area contributed by atoms with Crippen molar-refractivity contribution >= 4 is 32.8 Å². The third-order valence-electron chi connectivity index (χ3n) is 8.19. The van der Waals surface area contributed by atoms with Crippen LogP contribution in [0.2, 0.25) is 0 Å². The number of anilines is 1. The highest BCUT2D eigenvalue weighted by Gasteiger charge is 2.49. The van der Waals surface area contributed by atoms with E-state index in [-0.39, 0.29) is 10.8 Å². The number of methoxy groups -OCH3 is 1. The lowest BCUT2D eigenvalue weighted by Gasteiger charge is -2.39. The molecule has 0 saturated carbocycles. The highest BCUT2D eigenvalue weighted by molar-refractivity contribution is 7.90. The predicted molar refractivity (Wildman–Crippen MR) is 153 cm³/mol. The van der Waals surface area contributed by atoms with Gasteiger partial charge in [-0.25, -0.2) is 17.4 Å². The maximum atomic E-state index is 14.0. The van der Waals surface area contributed by atoms with Crippen LogP contribution in [0.5, 0.6) is 5.88 Å². The van der Waals surface area contributed by atoms with Gasteiger partial charge in [-0.2, -0.15) is 4.98 Å². The molecule has 0 bridgehead atoms. The van der Waals surface area contributed by atoms with Gasteiger partial charge in [0.1, 0.15) is 0 Å². The van der Waals surface area contributed by atoms with E-state index in [9.17, 15) is 13.2 Å². The van der Waals surface area contributed by atoms with Crippen molar-refractivity contribution in [1.82, 2.24) is 18.8 Å². The van der Waals surface area contributed by atoms with E-state index in [1.165, 1.54) is 3.97 Å². The minimum absolute atomic E-state index is 0.110. The van der Waals surface area contributed by atoms with Gasteiger partial charge in [-0.3, -0.25) is 4.79 Å². The van der Waals surface area contributed by atoms with Gasteiger partial charge in [0.25, 0.3) is 10.0 Å². The summed E-state index contributed by atoms with van der Waals surface area (Å²) < 4.78 is 33.9. The Balaban J connectivity index is 1.29. The smallest absolute Gasteiger partial charge is 0.268 e. The van der Waals surface area contributed by atoms with Gasteiger partial charge in [0, 0.05) is 49.5 Å². The summed E-state index contributed by atoms with van der Waals surface area (Å²) in [7, 11) is -2.22. The number of carbonyl (C=O) groups is 1. The number of para-hydroxylation sites is 1. The van der Waals surface area contributed by atoms with Crippen LogP contribution in [0.1, 0.15) is 36.1 Å². The molecule has 1 spiro atoms. The van der Waals surface area contributed by atoms with Gasteiger partial charge in [0.15, 0.2) is 0 Å². The maximum Gasteiger partial charge on any atom is 0.268 e. The zero-order valence-electron chi connectivity index (χ0n) is 23.0. The normalized spacial score (nSPS) is 19.6. The molecule has 40 heavy (non-hydrogen) atoms. The number of ether oxygens (including phenoxy) is 1. The number of rotatable bonds is 6. The number of benzene rings is 2. The number of aromatic nitrogens is 3. The van der Waals surface area contributed by atoms with Crippen LogP contribution in [0.15, 0.2) is 65.7 Å². The van der Waals surface area contributed by atoms with E-state index < -0.39 is 15.4 Å². The molecular formula is C30H33N5O4S. The van der Waals surface area contributed by atoms with Crippen LogP contribution in [0, 0.1) is 19.3 Å². The van der Waals surface area contributed by atoms with Gasteiger partial charge >= 0.3 is 0 Å². The Bertz CT molecular complexity index is 1700. The monoisotopic (exact) mass is 559 g/mol. The molecule has 2 aliphatic rings. The lowest BCUT2D eigenvalue weighted by molar-refractivity contribution is -0.145. The average molecular weight is 560 g/mol. The summed E-state index contributed by atoms with van der Waals surface area (Å²) in [5, 5.41) is 0.832.